The van der Waals surface area contributed by atoms with Crippen LogP contribution in [0.15, 0.2) is 73.7 Å². The summed E-state index contributed by atoms with van der Waals surface area (Å²) in [5.41, 5.74) is 14.3. The summed E-state index contributed by atoms with van der Waals surface area (Å²) >= 11 is 0. The fourth-order valence-corrected chi connectivity index (χ4v) is 5.29. The van der Waals surface area contributed by atoms with Gasteiger partial charge in [0, 0.05) is 30.5 Å². The molecular weight excluding hydrogens is 490 g/mol. The Kier molecular flexibility index (Phi) is 6.03. The summed E-state index contributed by atoms with van der Waals surface area (Å²) < 4.78 is 7.92. The molecule has 1 atom stereocenters. The molecule has 39 heavy (non-hydrogen) atoms. The third kappa shape index (κ3) is 4.48. The lowest BCUT2D eigenvalue weighted by atomic mass is 9.96. The molecule has 0 unspecified atom stereocenters. The molecule has 0 spiro atoms. The fourth-order valence-electron chi connectivity index (χ4n) is 5.29. The molecule has 3 aromatic heterocycles. The van der Waals surface area contributed by atoms with E-state index in [0.29, 0.717) is 17.6 Å². The van der Waals surface area contributed by atoms with Crippen LogP contribution in [0.25, 0.3) is 33.4 Å². The number of hydrogen-bond donors (Lipinski definition) is 2. The van der Waals surface area contributed by atoms with Crippen LogP contribution in [-0.2, 0) is 24.7 Å². The summed E-state index contributed by atoms with van der Waals surface area (Å²) in [6.07, 6.45) is 6.02. The van der Waals surface area contributed by atoms with E-state index in [0.717, 1.165) is 52.0 Å². The molecule has 0 fully saturated rings. The minimum Gasteiger partial charge on any atom is -0.424 e. The number of benzene rings is 2. The Bertz CT molecular complexity index is 1740. The summed E-state index contributed by atoms with van der Waals surface area (Å²) in [4.78, 5) is 29.2. The second kappa shape index (κ2) is 9.68. The van der Waals surface area contributed by atoms with Crippen molar-refractivity contribution >= 4 is 22.8 Å². The highest BCUT2D eigenvalue weighted by Crippen LogP contribution is 2.43. The number of anilines is 1. The maximum atomic E-state index is 11.9. The van der Waals surface area contributed by atoms with Gasteiger partial charge < -0.3 is 20.4 Å². The zero-order valence-corrected chi connectivity index (χ0v) is 21.7. The maximum absolute atomic E-state index is 11.9. The van der Waals surface area contributed by atoms with Gasteiger partial charge in [-0.15, -0.1) is 0 Å². The van der Waals surface area contributed by atoms with E-state index in [2.05, 4.69) is 54.6 Å². The highest BCUT2D eigenvalue weighted by Gasteiger charge is 2.26. The van der Waals surface area contributed by atoms with Crippen LogP contribution in [0.2, 0.25) is 0 Å². The molecule has 9 nitrogen and oxygen atoms in total. The Morgan fingerprint density at radius 2 is 1.85 bits per heavy atom. The van der Waals surface area contributed by atoms with Crippen molar-refractivity contribution in [3.63, 3.8) is 0 Å². The summed E-state index contributed by atoms with van der Waals surface area (Å²) in [6, 6.07) is 16.4. The van der Waals surface area contributed by atoms with E-state index in [1.807, 2.05) is 44.3 Å². The lowest BCUT2D eigenvalue weighted by Crippen LogP contribution is -2.33. The molecule has 0 saturated heterocycles. The number of nitrogens with two attached hydrogens (primary N) is 1. The van der Waals surface area contributed by atoms with Crippen molar-refractivity contribution in [2.75, 3.05) is 5.73 Å². The quantitative estimate of drug-likeness (QED) is 0.317. The van der Waals surface area contributed by atoms with Crippen molar-refractivity contribution in [3.8, 4) is 34.1 Å². The molecule has 5 aromatic rings. The van der Waals surface area contributed by atoms with Crippen molar-refractivity contribution in [1.82, 2.24) is 29.8 Å². The third-order valence-electron chi connectivity index (χ3n) is 7.07. The topological polar surface area (TPSA) is 121 Å². The molecule has 0 bridgehead atoms. The number of ether oxygens (including phenoxy) is 1. The lowest BCUT2D eigenvalue weighted by Gasteiger charge is -2.11. The molecule has 0 saturated carbocycles. The van der Waals surface area contributed by atoms with Gasteiger partial charge >= 0.3 is 6.01 Å². The van der Waals surface area contributed by atoms with Crippen LogP contribution in [0.3, 0.4) is 0 Å². The van der Waals surface area contributed by atoms with Gasteiger partial charge in [-0.25, -0.2) is 19.9 Å². The van der Waals surface area contributed by atoms with Crippen LogP contribution < -0.4 is 15.8 Å². The standard InChI is InChI=1S/C30H27N7O2/c1-4-24(38)36-22-14-19-5-6-20(13-21(19)15-22)27-25(26-28(31)33-16-34-29(26)37(27)3)18-7-9-23(10-8-18)39-30-32-12-11-17(2)35-30/h4-13,16,22H,1,14-15H2,2-3H3,(H,36,38)(H2,31,33,34)/t22-/m1/s1. The SMILES string of the molecule is C=CC(=O)N[C@@H]1Cc2ccc(-c3c(-c4ccc(Oc5nccc(C)n5)cc4)c4c(N)ncnc4n3C)cc2C1. The molecule has 194 valence electrons. The van der Waals surface area contributed by atoms with Gasteiger partial charge in [-0.05, 0) is 72.4 Å². The Morgan fingerprint density at radius 3 is 2.62 bits per heavy atom. The van der Waals surface area contributed by atoms with Gasteiger partial charge in [0.1, 0.15) is 23.5 Å². The van der Waals surface area contributed by atoms with Gasteiger partial charge in [0.15, 0.2) is 0 Å². The molecule has 1 aliphatic rings. The number of nitrogens with one attached hydrogen (secondary N) is 1. The third-order valence-corrected chi connectivity index (χ3v) is 7.07. The molecule has 9 heteroatoms. The lowest BCUT2D eigenvalue weighted by molar-refractivity contribution is -0.117. The van der Waals surface area contributed by atoms with Gasteiger partial charge in [-0.3, -0.25) is 4.79 Å². The molecule has 3 heterocycles. The first-order valence-corrected chi connectivity index (χ1v) is 12.6. The molecule has 6 rings (SSSR count). The monoisotopic (exact) mass is 517 g/mol. The van der Waals surface area contributed by atoms with Crippen molar-refractivity contribution in [2.45, 2.75) is 25.8 Å². The predicted octanol–water partition coefficient (Wildman–Crippen LogP) is 4.54. The predicted molar refractivity (Wildman–Crippen MR) is 150 cm³/mol. The Hall–Kier alpha value is -5.05. The normalized spacial score (nSPS) is 14.3. The Labute approximate surface area is 225 Å². The van der Waals surface area contributed by atoms with Crippen LogP contribution in [0.4, 0.5) is 5.82 Å². The van der Waals surface area contributed by atoms with Crippen LogP contribution in [-0.4, -0.2) is 36.5 Å². The van der Waals surface area contributed by atoms with Gasteiger partial charge in [-0.2, -0.15) is 0 Å². The number of carbonyl (C=O) groups is 1. The maximum Gasteiger partial charge on any atom is 0.322 e. The second-order valence-electron chi connectivity index (χ2n) is 9.65. The Balaban J connectivity index is 1.42. The van der Waals surface area contributed by atoms with Crippen LogP contribution in [0.5, 0.6) is 11.8 Å². The first kappa shape index (κ1) is 24.3. The first-order chi connectivity index (χ1) is 18.9. The number of fused-ring (bicyclic) bond motifs is 2. The number of nitrogen functional groups attached to an aromatic ring is 1. The number of hydrogen-bond acceptors (Lipinski definition) is 7. The average Bonchev–Trinajstić information content (AvgIpc) is 3.47. The second-order valence-corrected chi connectivity index (χ2v) is 9.65. The van der Waals surface area contributed by atoms with E-state index in [-0.39, 0.29) is 11.9 Å². The van der Waals surface area contributed by atoms with E-state index in [1.165, 1.54) is 23.5 Å². The zero-order valence-electron chi connectivity index (χ0n) is 21.7. The van der Waals surface area contributed by atoms with Gasteiger partial charge in [0.25, 0.3) is 0 Å². The molecule has 1 amide bonds. The number of aromatic nitrogens is 5. The van der Waals surface area contributed by atoms with E-state index in [9.17, 15) is 4.79 Å². The summed E-state index contributed by atoms with van der Waals surface area (Å²) in [6.45, 7) is 5.45. The number of rotatable bonds is 6. The van der Waals surface area contributed by atoms with Gasteiger partial charge in [0.2, 0.25) is 5.91 Å². The van der Waals surface area contributed by atoms with E-state index >= 15 is 0 Å². The zero-order chi connectivity index (χ0) is 27.1. The van der Waals surface area contributed by atoms with E-state index in [1.54, 1.807) is 6.20 Å². The molecule has 3 N–H and O–H groups in total. The van der Waals surface area contributed by atoms with E-state index < -0.39 is 0 Å². The molecule has 1 aliphatic carbocycles. The van der Waals surface area contributed by atoms with Crippen molar-refractivity contribution in [1.29, 1.82) is 0 Å². The Morgan fingerprint density at radius 1 is 1.08 bits per heavy atom. The fraction of sp³-hybridized carbons (Fsp3) is 0.167. The first-order valence-electron chi connectivity index (χ1n) is 12.6. The van der Waals surface area contributed by atoms with Gasteiger partial charge in [-0.1, -0.05) is 30.8 Å². The molecular formula is C30H27N7O2. The van der Waals surface area contributed by atoms with E-state index in [4.69, 9.17) is 10.5 Å². The number of amides is 1. The largest absolute Gasteiger partial charge is 0.424 e. The summed E-state index contributed by atoms with van der Waals surface area (Å²) in [5.74, 6) is 0.888. The van der Waals surface area contributed by atoms with Crippen LogP contribution in [0.1, 0.15) is 16.8 Å². The van der Waals surface area contributed by atoms with Crippen molar-refractivity contribution < 1.29 is 9.53 Å². The summed E-state index contributed by atoms with van der Waals surface area (Å²) in [7, 11) is 1.99. The number of carbonyl (C=O) groups excluding carboxylic acids is 1. The van der Waals surface area contributed by atoms with Gasteiger partial charge in [0.05, 0.1) is 11.1 Å². The molecule has 2 aromatic carbocycles. The number of aryl methyl sites for hydroxylation is 2. The highest BCUT2D eigenvalue weighted by atomic mass is 16.5. The van der Waals surface area contributed by atoms with Crippen LogP contribution >= 0.6 is 0 Å². The summed E-state index contributed by atoms with van der Waals surface area (Å²) in [5, 5.41) is 3.81. The minimum absolute atomic E-state index is 0.0548. The van der Waals surface area contributed by atoms with Crippen LogP contribution in [0, 0.1) is 6.92 Å². The molecule has 0 aliphatic heterocycles. The number of nitrogens with zero attached hydrogens (tertiary/aromatic N) is 5. The smallest absolute Gasteiger partial charge is 0.322 e. The highest BCUT2D eigenvalue weighted by molar-refractivity contribution is 6.07. The molecule has 0 radical (unpaired) electrons. The minimum atomic E-state index is -0.153. The average molecular weight is 518 g/mol. The van der Waals surface area contributed by atoms with Crippen molar-refractivity contribution in [2.24, 2.45) is 7.05 Å². The van der Waals surface area contributed by atoms with Crippen molar-refractivity contribution in [3.05, 3.63) is 90.5 Å².